The second kappa shape index (κ2) is 7.67. The zero-order valence-corrected chi connectivity index (χ0v) is 14.5. The lowest BCUT2D eigenvalue weighted by Gasteiger charge is -2.24. The molecule has 3 rings (SSSR count). The zero-order valence-electron chi connectivity index (χ0n) is 14.5. The van der Waals surface area contributed by atoms with Gasteiger partial charge in [-0.05, 0) is 42.3 Å². The van der Waals surface area contributed by atoms with E-state index in [1.165, 1.54) is 0 Å². The van der Waals surface area contributed by atoms with Gasteiger partial charge in [-0.2, -0.15) is 0 Å². The molecule has 0 aliphatic heterocycles. The third-order valence-electron chi connectivity index (χ3n) is 4.08. The van der Waals surface area contributed by atoms with E-state index < -0.39 is 0 Å². The molecule has 0 spiro atoms. The van der Waals surface area contributed by atoms with Crippen molar-refractivity contribution in [3.63, 3.8) is 0 Å². The van der Waals surface area contributed by atoms with Gasteiger partial charge in [0.05, 0.1) is 19.2 Å². The topological polar surface area (TPSA) is 29.5 Å². The van der Waals surface area contributed by atoms with Gasteiger partial charge in [-0.1, -0.05) is 54.6 Å². The van der Waals surface area contributed by atoms with Crippen LogP contribution in [-0.2, 0) is 6.54 Å². The molecule has 126 valence electrons. The average Bonchev–Trinajstić information content (AvgIpc) is 2.66. The van der Waals surface area contributed by atoms with E-state index in [1.54, 1.807) is 18.1 Å². The van der Waals surface area contributed by atoms with Crippen molar-refractivity contribution in [2.24, 2.45) is 0 Å². The van der Waals surface area contributed by atoms with Crippen molar-refractivity contribution in [1.82, 2.24) is 0 Å². The van der Waals surface area contributed by atoms with E-state index in [9.17, 15) is 4.79 Å². The standard InChI is InChI=1S/C22H21NO2/c1-17-9-8-12-19(15-17)23(16-18-10-4-3-5-11-18)22(24)20-13-6-7-14-21(20)25-2/h3-15H,16H2,1-2H3. The molecule has 3 aromatic carbocycles. The number of hydrogen-bond donors (Lipinski definition) is 0. The highest BCUT2D eigenvalue weighted by Gasteiger charge is 2.21. The van der Waals surface area contributed by atoms with Crippen LogP contribution in [0.4, 0.5) is 5.69 Å². The molecule has 1 amide bonds. The third kappa shape index (κ3) is 3.89. The number of methoxy groups -OCH3 is 1. The fourth-order valence-electron chi connectivity index (χ4n) is 2.81. The highest BCUT2D eigenvalue weighted by Crippen LogP contribution is 2.25. The average molecular weight is 331 g/mol. The van der Waals surface area contributed by atoms with Crippen molar-refractivity contribution in [3.8, 4) is 5.75 Å². The first kappa shape index (κ1) is 16.8. The molecule has 3 nitrogen and oxygen atoms in total. The highest BCUT2D eigenvalue weighted by atomic mass is 16.5. The third-order valence-corrected chi connectivity index (χ3v) is 4.08. The minimum atomic E-state index is -0.0769. The van der Waals surface area contributed by atoms with Crippen LogP contribution in [0.1, 0.15) is 21.5 Å². The number of amides is 1. The molecule has 0 atom stereocenters. The van der Waals surface area contributed by atoms with Crippen LogP contribution in [0.25, 0.3) is 0 Å². The minimum absolute atomic E-state index is 0.0769. The maximum Gasteiger partial charge on any atom is 0.262 e. The molecule has 0 saturated carbocycles. The van der Waals surface area contributed by atoms with E-state index in [2.05, 4.69) is 0 Å². The Labute approximate surface area is 148 Å². The van der Waals surface area contributed by atoms with E-state index in [1.807, 2.05) is 79.7 Å². The van der Waals surface area contributed by atoms with Crippen LogP contribution >= 0.6 is 0 Å². The molecule has 0 aliphatic carbocycles. The Morgan fingerprint density at radius 2 is 1.64 bits per heavy atom. The van der Waals surface area contributed by atoms with E-state index in [-0.39, 0.29) is 5.91 Å². The number of anilines is 1. The van der Waals surface area contributed by atoms with E-state index in [4.69, 9.17) is 4.74 Å². The number of nitrogens with zero attached hydrogens (tertiary/aromatic N) is 1. The quantitative estimate of drug-likeness (QED) is 0.669. The predicted octanol–water partition coefficient (Wildman–Crippen LogP) is 4.85. The summed E-state index contributed by atoms with van der Waals surface area (Å²) in [6.45, 7) is 2.53. The van der Waals surface area contributed by atoms with Crippen molar-refractivity contribution in [2.75, 3.05) is 12.0 Å². The summed E-state index contributed by atoms with van der Waals surface area (Å²) in [7, 11) is 1.58. The number of hydrogen-bond acceptors (Lipinski definition) is 2. The number of para-hydroxylation sites is 1. The highest BCUT2D eigenvalue weighted by molar-refractivity contribution is 6.07. The molecule has 3 heteroatoms. The Kier molecular flexibility index (Phi) is 5.14. The smallest absolute Gasteiger partial charge is 0.262 e. The number of ether oxygens (including phenoxy) is 1. The van der Waals surface area contributed by atoms with Gasteiger partial charge in [0.25, 0.3) is 5.91 Å². The van der Waals surface area contributed by atoms with Crippen LogP contribution < -0.4 is 9.64 Å². The number of rotatable bonds is 5. The van der Waals surface area contributed by atoms with E-state index >= 15 is 0 Å². The first-order valence-corrected chi connectivity index (χ1v) is 8.24. The molecule has 0 radical (unpaired) electrons. The maximum absolute atomic E-state index is 13.3. The molecule has 0 heterocycles. The number of aryl methyl sites for hydroxylation is 1. The second-order valence-electron chi connectivity index (χ2n) is 5.92. The van der Waals surface area contributed by atoms with Gasteiger partial charge in [-0.25, -0.2) is 0 Å². The molecule has 0 aliphatic rings. The van der Waals surface area contributed by atoms with Gasteiger partial charge in [-0.15, -0.1) is 0 Å². The molecule has 0 unspecified atom stereocenters. The molecule has 25 heavy (non-hydrogen) atoms. The fraction of sp³-hybridized carbons (Fsp3) is 0.136. The summed E-state index contributed by atoms with van der Waals surface area (Å²) >= 11 is 0. The molecule has 0 fully saturated rings. The van der Waals surface area contributed by atoms with Crippen molar-refractivity contribution in [3.05, 3.63) is 95.6 Å². The van der Waals surface area contributed by atoms with Gasteiger partial charge in [0.2, 0.25) is 0 Å². The molecule has 0 saturated heterocycles. The Bertz CT molecular complexity index is 859. The lowest BCUT2D eigenvalue weighted by Crippen LogP contribution is -2.30. The lowest BCUT2D eigenvalue weighted by molar-refractivity contribution is 0.0982. The van der Waals surface area contributed by atoms with Crippen molar-refractivity contribution >= 4 is 11.6 Å². The lowest BCUT2D eigenvalue weighted by atomic mass is 10.1. The first-order valence-electron chi connectivity index (χ1n) is 8.24. The minimum Gasteiger partial charge on any atom is -0.496 e. The van der Waals surface area contributed by atoms with Crippen LogP contribution in [-0.4, -0.2) is 13.0 Å². The van der Waals surface area contributed by atoms with Crippen LogP contribution in [0.2, 0.25) is 0 Å². The van der Waals surface area contributed by atoms with Gasteiger partial charge in [0.15, 0.2) is 0 Å². The van der Waals surface area contributed by atoms with Crippen LogP contribution in [0, 0.1) is 6.92 Å². The zero-order chi connectivity index (χ0) is 17.6. The predicted molar refractivity (Wildman–Crippen MR) is 101 cm³/mol. The van der Waals surface area contributed by atoms with Gasteiger partial charge in [0.1, 0.15) is 5.75 Å². The van der Waals surface area contributed by atoms with Gasteiger partial charge in [0, 0.05) is 5.69 Å². The SMILES string of the molecule is COc1ccccc1C(=O)N(Cc1ccccc1)c1cccc(C)c1. The number of carbonyl (C=O) groups excluding carboxylic acids is 1. The first-order chi connectivity index (χ1) is 12.2. The second-order valence-corrected chi connectivity index (χ2v) is 5.92. The molecule has 0 bridgehead atoms. The molecule has 0 N–H and O–H groups in total. The van der Waals surface area contributed by atoms with Crippen molar-refractivity contribution in [1.29, 1.82) is 0 Å². The Morgan fingerprint density at radius 1 is 0.920 bits per heavy atom. The largest absolute Gasteiger partial charge is 0.496 e. The molecular weight excluding hydrogens is 310 g/mol. The Balaban J connectivity index is 2.02. The fourth-order valence-corrected chi connectivity index (χ4v) is 2.81. The number of carbonyl (C=O) groups is 1. The van der Waals surface area contributed by atoms with Crippen LogP contribution in [0.3, 0.4) is 0 Å². The summed E-state index contributed by atoms with van der Waals surface area (Å²) in [4.78, 5) is 15.1. The monoisotopic (exact) mass is 331 g/mol. The Hall–Kier alpha value is -3.07. The van der Waals surface area contributed by atoms with E-state index in [0.29, 0.717) is 17.9 Å². The summed E-state index contributed by atoms with van der Waals surface area (Å²) in [5.74, 6) is 0.505. The van der Waals surface area contributed by atoms with Gasteiger partial charge in [-0.3, -0.25) is 4.79 Å². The van der Waals surface area contributed by atoms with Crippen molar-refractivity contribution < 1.29 is 9.53 Å². The summed E-state index contributed by atoms with van der Waals surface area (Å²) < 4.78 is 5.38. The normalized spacial score (nSPS) is 10.3. The molecule has 0 aromatic heterocycles. The van der Waals surface area contributed by atoms with Gasteiger partial charge >= 0.3 is 0 Å². The summed E-state index contributed by atoms with van der Waals surface area (Å²) in [5, 5.41) is 0. The van der Waals surface area contributed by atoms with E-state index in [0.717, 1.165) is 16.8 Å². The number of benzene rings is 3. The van der Waals surface area contributed by atoms with Crippen molar-refractivity contribution in [2.45, 2.75) is 13.5 Å². The van der Waals surface area contributed by atoms with Crippen LogP contribution in [0.5, 0.6) is 5.75 Å². The van der Waals surface area contributed by atoms with Gasteiger partial charge < -0.3 is 9.64 Å². The summed E-state index contributed by atoms with van der Waals surface area (Å²) in [6, 6.07) is 25.3. The molecule has 3 aromatic rings. The Morgan fingerprint density at radius 3 is 2.36 bits per heavy atom. The van der Waals surface area contributed by atoms with Crippen LogP contribution in [0.15, 0.2) is 78.9 Å². The maximum atomic E-state index is 13.3. The molecular formula is C22H21NO2. The summed E-state index contributed by atoms with van der Waals surface area (Å²) in [6.07, 6.45) is 0. The summed E-state index contributed by atoms with van der Waals surface area (Å²) in [5.41, 5.74) is 3.62.